The van der Waals surface area contributed by atoms with E-state index in [9.17, 15) is 13.6 Å². The third-order valence-corrected chi connectivity index (χ3v) is 3.60. The minimum atomic E-state index is -0.699. The lowest BCUT2D eigenvalue weighted by atomic mass is 10.3. The van der Waals surface area contributed by atoms with Gasteiger partial charge >= 0.3 is 0 Å². The van der Waals surface area contributed by atoms with E-state index in [0.29, 0.717) is 11.6 Å². The first-order valence-electron chi connectivity index (χ1n) is 5.77. The predicted molar refractivity (Wildman–Crippen MR) is 77.2 cm³/mol. The number of benzene rings is 1. The van der Waals surface area contributed by atoms with Crippen LogP contribution in [0.1, 0.15) is 5.89 Å². The highest BCUT2D eigenvalue weighted by atomic mass is 32.2. The molecule has 0 spiro atoms. The lowest BCUT2D eigenvalue weighted by Crippen LogP contribution is -2.15. The SMILES string of the molecule is CSCc1nnc(SCC(=O)Nc2cc(F)ccc2F)o1. The smallest absolute Gasteiger partial charge is 0.277 e. The molecule has 1 N–H and O–H groups in total. The summed E-state index contributed by atoms with van der Waals surface area (Å²) in [6.45, 7) is 0. The van der Waals surface area contributed by atoms with Crippen molar-refractivity contribution in [1.82, 2.24) is 10.2 Å². The number of rotatable bonds is 6. The quantitative estimate of drug-likeness (QED) is 0.821. The van der Waals surface area contributed by atoms with Crippen molar-refractivity contribution in [3.8, 4) is 0 Å². The molecule has 9 heteroatoms. The number of carbonyl (C=O) groups excluding carboxylic acids is 1. The molecule has 0 bridgehead atoms. The lowest BCUT2D eigenvalue weighted by molar-refractivity contribution is -0.113. The number of aromatic nitrogens is 2. The summed E-state index contributed by atoms with van der Waals surface area (Å²) in [6, 6.07) is 2.84. The molecular weight excluding hydrogens is 320 g/mol. The maximum atomic E-state index is 13.3. The summed E-state index contributed by atoms with van der Waals surface area (Å²) < 4.78 is 31.6. The Labute approximate surface area is 127 Å². The van der Waals surface area contributed by atoms with Gasteiger partial charge in [0, 0.05) is 6.07 Å². The molecule has 1 aromatic heterocycles. The molecule has 112 valence electrons. The molecule has 1 amide bonds. The van der Waals surface area contributed by atoms with Crippen LogP contribution in [-0.4, -0.2) is 28.1 Å². The van der Waals surface area contributed by atoms with Crippen LogP contribution in [0.2, 0.25) is 0 Å². The van der Waals surface area contributed by atoms with E-state index < -0.39 is 17.5 Å². The fourth-order valence-electron chi connectivity index (χ4n) is 1.39. The van der Waals surface area contributed by atoms with Crippen LogP contribution in [-0.2, 0) is 10.5 Å². The molecule has 0 aliphatic rings. The van der Waals surface area contributed by atoms with Crippen molar-refractivity contribution in [3.63, 3.8) is 0 Å². The van der Waals surface area contributed by atoms with Crippen molar-refractivity contribution in [2.75, 3.05) is 17.3 Å². The molecule has 0 saturated heterocycles. The number of nitrogens with one attached hydrogen (secondary N) is 1. The van der Waals surface area contributed by atoms with E-state index in [1.165, 1.54) is 11.8 Å². The summed E-state index contributed by atoms with van der Waals surface area (Å²) in [5, 5.41) is 10.1. The van der Waals surface area contributed by atoms with Gasteiger partial charge in [0.25, 0.3) is 5.22 Å². The van der Waals surface area contributed by atoms with E-state index in [1.54, 1.807) is 0 Å². The molecule has 21 heavy (non-hydrogen) atoms. The van der Waals surface area contributed by atoms with Crippen LogP contribution in [0.3, 0.4) is 0 Å². The first-order chi connectivity index (χ1) is 10.1. The Hall–Kier alpha value is -1.61. The van der Waals surface area contributed by atoms with Crippen molar-refractivity contribution in [3.05, 3.63) is 35.7 Å². The molecule has 1 heterocycles. The van der Waals surface area contributed by atoms with Gasteiger partial charge in [-0.1, -0.05) is 11.8 Å². The Kier molecular flexibility index (Phi) is 5.57. The van der Waals surface area contributed by atoms with Crippen molar-refractivity contribution in [2.24, 2.45) is 0 Å². The van der Waals surface area contributed by atoms with E-state index in [-0.39, 0.29) is 16.7 Å². The summed E-state index contributed by atoms with van der Waals surface area (Å²) in [5.41, 5.74) is -0.200. The standard InChI is InChI=1S/C12H11F2N3O2S2/c1-20-6-11-16-17-12(19-11)21-5-10(18)15-9-4-7(13)2-3-8(9)14/h2-4H,5-6H2,1H3,(H,15,18). The highest BCUT2D eigenvalue weighted by molar-refractivity contribution is 7.99. The largest absolute Gasteiger partial charge is 0.415 e. The molecule has 2 aromatic rings. The number of carbonyl (C=O) groups is 1. The van der Waals surface area contributed by atoms with Gasteiger partial charge in [-0.25, -0.2) is 8.78 Å². The Morgan fingerprint density at radius 1 is 1.38 bits per heavy atom. The van der Waals surface area contributed by atoms with Gasteiger partial charge in [-0.05, 0) is 18.4 Å². The van der Waals surface area contributed by atoms with Gasteiger partial charge in [-0.15, -0.1) is 10.2 Å². The van der Waals surface area contributed by atoms with E-state index in [1.807, 2.05) is 6.26 Å². The highest BCUT2D eigenvalue weighted by Crippen LogP contribution is 2.19. The van der Waals surface area contributed by atoms with Gasteiger partial charge in [0.2, 0.25) is 11.8 Å². The zero-order chi connectivity index (χ0) is 15.2. The van der Waals surface area contributed by atoms with Crippen molar-refractivity contribution >= 4 is 35.1 Å². The van der Waals surface area contributed by atoms with Crippen LogP contribution in [0.5, 0.6) is 0 Å². The second-order valence-corrected chi connectivity index (χ2v) is 5.65. The maximum absolute atomic E-state index is 13.3. The number of hydrogen-bond donors (Lipinski definition) is 1. The number of halogens is 2. The van der Waals surface area contributed by atoms with Gasteiger partial charge in [0.1, 0.15) is 11.6 Å². The van der Waals surface area contributed by atoms with Crippen LogP contribution in [0.25, 0.3) is 0 Å². The monoisotopic (exact) mass is 331 g/mol. The van der Waals surface area contributed by atoms with Gasteiger partial charge in [0.15, 0.2) is 0 Å². The number of nitrogens with zero attached hydrogens (tertiary/aromatic N) is 2. The highest BCUT2D eigenvalue weighted by Gasteiger charge is 2.11. The molecule has 0 fully saturated rings. The molecule has 0 aliphatic carbocycles. The summed E-state index contributed by atoms with van der Waals surface area (Å²) in [6.07, 6.45) is 1.90. The zero-order valence-corrected chi connectivity index (χ0v) is 12.6. The molecule has 2 rings (SSSR count). The summed E-state index contributed by atoms with van der Waals surface area (Å²) in [7, 11) is 0. The lowest BCUT2D eigenvalue weighted by Gasteiger charge is -2.05. The molecule has 0 unspecified atom stereocenters. The van der Waals surface area contributed by atoms with Crippen LogP contribution >= 0.6 is 23.5 Å². The minimum absolute atomic E-state index is 0.0448. The molecular formula is C12H11F2N3O2S2. The topological polar surface area (TPSA) is 68.0 Å². The van der Waals surface area contributed by atoms with E-state index in [0.717, 1.165) is 30.0 Å². The van der Waals surface area contributed by atoms with Gasteiger partial charge in [-0.2, -0.15) is 11.8 Å². The number of amides is 1. The van der Waals surface area contributed by atoms with Crippen molar-refractivity contribution < 1.29 is 18.0 Å². The number of thioether (sulfide) groups is 2. The van der Waals surface area contributed by atoms with Crippen LogP contribution in [0.4, 0.5) is 14.5 Å². The van der Waals surface area contributed by atoms with Gasteiger partial charge in [-0.3, -0.25) is 4.79 Å². The Balaban J connectivity index is 1.88. The van der Waals surface area contributed by atoms with Gasteiger partial charge in [0.05, 0.1) is 17.2 Å². The molecule has 0 aliphatic heterocycles. The van der Waals surface area contributed by atoms with Crippen LogP contribution < -0.4 is 5.32 Å². The molecule has 0 saturated carbocycles. The first-order valence-corrected chi connectivity index (χ1v) is 8.15. The predicted octanol–water partition coefficient (Wildman–Crippen LogP) is 2.94. The molecule has 0 atom stereocenters. The van der Waals surface area contributed by atoms with Crippen LogP contribution in [0, 0.1) is 11.6 Å². The zero-order valence-electron chi connectivity index (χ0n) is 10.9. The van der Waals surface area contributed by atoms with Crippen molar-refractivity contribution in [1.29, 1.82) is 0 Å². The average Bonchev–Trinajstić information content (AvgIpc) is 2.89. The van der Waals surface area contributed by atoms with E-state index in [4.69, 9.17) is 4.42 Å². The Morgan fingerprint density at radius 3 is 2.95 bits per heavy atom. The molecule has 0 radical (unpaired) electrons. The average molecular weight is 331 g/mol. The third kappa shape index (κ3) is 4.71. The summed E-state index contributed by atoms with van der Waals surface area (Å²) >= 11 is 2.56. The van der Waals surface area contributed by atoms with E-state index >= 15 is 0 Å². The molecule has 1 aromatic carbocycles. The number of anilines is 1. The summed E-state index contributed by atoms with van der Waals surface area (Å²) in [4.78, 5) is 11.7. The maximum Gasteiger partial charge on any atom is 0.277 e. The molecule has 5 nitrogen and oxygen atoms in total. The first kappa shape index (κ1) is 15.8. The fraction of sp³-hybridized carbons (Fsp3) is 0.250. The van der Waals surface area contributed by atoms with Gasteiger partial charge < -0.3 is 9.73 Å². The normalized spacial score (nSPS) is 10.6. The Morgan fingerprint density at radius 2 is 2.19 bits per heavy atom. The second kappa shape index (κ2) is 7.41. The Bertz CT molecular complexity index is 637. The third-order valence-electron chi connectivity index (χ3n) is 2.25. The fourth-order valence-corrected chi connectivity index (χ4v) is 2.33. The second-order valence-electron chi connectivity index (χ2n) is 3.86. The summed E-state index contributed by atoms with van der Waals surface area (Å²) in [5.74, 6) is -0.797. The minimum Gasteiger partial charge on any atom is -0.415 e. The van der Waals surface area contributed by atoms with Crippen molar-refractivity contribution in [2.45, 2.75) is 11.0 Å². The van der Waals surface area contributed by atoms with E-state index in [2.05, 4.69) is 15.5 Å². The number of hydrogen-bond acceptors (Lipinski definition) is 6. The van der Waals surface area contributed by atoms with Crippen LogP contribution in [0.15, 0.2) is 27.8 Å².